The third-order valence-electron chi connectivity index (χ3n) is 5.16. The smallest absolute Gasteiger partial charge is 0.317 e. The fourth-order valence-electron chi connectivity index (χ4n) is 3.64. The predicted molar refractivity (Wildman–Crippen MR) is 102 cm³/mol. The summed E-state index contributed by atoms with van der Waals surface area (Å²) in [5.74, 6) is 0.655. The molecule has 0 aliphatic carbocycles. The highest BCUT2D eigenvalue weighted by Crippen LogP contribution is 2.21. The van der Waals surface area contributed by atoms with Gasteiger partial charge in [-0.1, -0.05) is 6.07 Å². The summed E-state index contributed by atoms with van der Waals surface area (Å²) in [5, 5.41) is 5.09. The number of carbonyl (C=O) groups is 2. The molecule has 1 aromatic heterocycles. The highest BCUT2D eigenvalue weighted by atomic mass is 32.1. The van der Waals surface area contributed by atoms with Gasteiger partial charge in [0.1, 0.15) is 0 Å². The van der Waals surface area contributed by atoms with Crippen molar-refractivity contribution in [2.75, 3.05) is 45.9 Å². The van der Waals surface area contributed by atoms with E-state index in [0.29, 0.717) is 45.2 Å². The van der Waals surface area contributed by atoms with E-state index in [0.717, 1.165) is 38.8 Å². The standard InChI is InChI=1S/C19H29N3O3S/c23-18(21-10-12-25-13-11-21)6-5-16-3-1-9-22(15-16)19(24)20-8-7-17-4-2-14-26-17/h2,4,14,16H,1,3,5-13,15H2,(H,20,24)/t16-/m0/s1. The largest absolute Gasteiger partial charge is 0.378 e. The summed E-state index contributed by atoms with van der Waals surface area (Å²) in [4.78, 5) is 29.8. The van der Waals surface area contributed by atoms with Crippen molar-refractivity contribution in [1.29, 1.82) is 0 Å². The molecule has 1 atom stereocenters. The van der Waals surface area contributed by atoms with Crippen LogP contribution in [0.5, 0.6) is 0 Å². The first-order chi connectivity index (χ1) is 12.7. The van der Waals surface area contributed by atoms with E-state index in [4.69, 9.17) is 4.74 Å². The Bertz CT molecular complexity index is 573. The van der Waals surface area contributed by atoms with Crippen LogP contribution >= 0.6 is 11.3 Å². The summed E-state index contributed by atoms with van der Waals surface area (Å²) in [6.45, 7) is 4.98. The monoisotopic (exact) mass is 379 g/mol. The Hall–Kier alpha value is -1.60. The number of carbonyl (C=O) groups excluding carboxylic acids is 2. The van der Waals surface area contributed by atoms with Gasteiger partial charge in [0.2, 0.25) is 5.91 Å². The van der Waals surface area contributed by atoms with E-state index >= 15 is 0 Å². The minimum absolute atomic E-state index is 0.0331. The van der Waals surface area contributed by atoms with Crippen LogP contribution in [0.2, 0.25) is 0 Å². The molecule has 26 heavy (non-hydrogen) atoms. The molecular weight excluding hydrogens is 350 g/mol. The van der Waals surface area contributed by atoms with Gasteiger partial charge in [0.25, 0.3) is 0 Å². The number of likely N-dealkylation sites (tertiary alicyclic amines) is 1. The number of rotatable bonds is 6. The number of hydrogen-bond donors (Lipinski definition) is 1. The van der Waals surface area contributed by atoms with Crippen molar-refractivity contribution in [2.45, 2.75) is 32.1 Å². The molecule has 3 amide bonds. The third-order valence-corrected chi connectivity index (χ3v) is 6.10. The molecule has 2 saturated heterocycles. The van der Waals surface area contributed by atoms with E-state index in [1.807, 2.05) is 15.9 Å². The Morgan fingerprint density at radius 2 is 2.08 bits per heavy atom. The van der Waals surface area contributed by atoms with Crippen LogP contribution in [0, 0.1) is 5.92 Å². The van der Waals surface area contributed by atoms with E-state index in [-0.39, 0.29) is 11.9 Å². The highest BCUT2D eigenvalue weighted by Gasteiger charge is 2.25. The van der Waals surface area contributed by atoms with Crippen LogP contribution in [0.4, 0.5) is 4.79 Å². The quantitative estimate of drug-likeness (QED) is 0.825. The Kier molecular flexibility index (Phi) is 7.32. The number of thiophene rings is 1. The van der Waals surface area contributed by atoms with Crippen molar-refractivity contribution in [3.05, 3.63) is 22.4 Å². The molecule has 3 rings (SSSR count). The van der Waals surface area contributed by atoms with Crippen molar-refractivity contribution in [3.63, 3.8) is 0 Å². The van der Waals surface area contributed by atoms with Gasteiger partial charge in [-0.25, -0.2) is 4.79 Å². The average molecular weight is 380 g/mol. The van der Waals surface area contributed by atoms with Crippen molar-refractivity contribution >= 4 is 23.3 Å². The molecular formula is C19H29N3O3S. The lowest BCUT2D eigenvalue weighted by molar-refractivity contribution is -0.135. The number of hydrogen-bond acceptors (Lipinski definition) is 4. The van der Waals surface area contributed by atoms with Crippen molar-refractivity contribution in [3.8, 4) is 0 Å². The van der Waals surface area contributed by atoms with Crippen LogP contribution in [0.25, 0.3) is 0 Å². The lowest BCUT2D eigenvalue weighted by Crippen LogP contribution is -2.46. The number of nitrogens with one attached hydrogen (secondary N) is 1. The fraction of sp³-hybridized carbons (Fsp3) is 0.684. The number of amides is 3. The molecule has 144 valence electrons. The van der Waals surface area contributed by atoms with Gasteiger partial charge in [0, 0.05) is 44.0 Å². The molecule has 3 heterocycles. The zero-order chi connectivity index (χ0) is 18.2. The number of nitrogens with zero attached hydrogens (tertiary/aromatic N) is 2. The first kappa shape index (κ1) is 19.2. The molecule has 1 N–H and O–H groups in total. The summed E-state index contributed by atoms with van der Waals surface area (Å²) in [5.41, 5.74) is 0. The first-order valence-electron chi connectivity index (χ1n) is 9.63. The molecule has 0 aromatic carbocycles. The fourth-order valence-corrected chi connectivity index (χ4v) is 4.35. The number of piperidine rings is 1. The molecule has 0 unspecified atom stereocenters. The topological polar surface area (TPSA) is 61.9 Å². The van der Waals surface area contributed by atoms with Gasteiger partial charge >= 0.3 is 6.03 Å². The second-order valence-electron chi connectivity index (χ2n) is 7.05. The van der Waals surface area contributed by atoms with E-state index in [1.54, 1.807) is 11.3 Å². The Morgan fingerprint density at radius 1 is 1.23 bits per heavy atom. The predicted octanol–water partition coefficient (Wildman–Crippen LogP) is 2.35. The lowest BCUT2D eigenvalue weighted by atomic mass is 9.93. The van der Waals surface area contributed by atoms with Crippen LogP contribution in [0.1, 0.15) is 30.6 Å². The Labute approximate surface area is 159 Å². The number of morpholine rings is 1. The van der Waals surface area contributed by atoms with Gasteiger partial charge in [-0.15, -0.1) is 11.3 Å². The molecule has 2 aliphatic heterocycles. The normalized spacial score (nSPS) is 20.8. The van der Waals surface area contributed by atoms with Crippen molar-refractivity contribution in [1.82, 2.24) is 15.1 Å². The molecule has 2 aliphatic rings. The number of ether oxygens (including phenoxy) is 1. The van der Waals surface area contributed by atoms with E-state index in [9.17, 15) is 9.59 Å². The van der Waals surface area contributed by atoms with E-state index < -0.39 is 0 Å². The maximum absolute atomic E-state index is 12.4. The minimum Gasteiger partial charge on any atom is -0.378 e. The molecule has 0 bridgehead atoms. The minimum atomic E-state index is 0.0331. The molecule has 0 saturated carbocycles. The SMILES string of the molecule is O=C(CC[C@@H]1CCCN(C(=O)NCCc2cccs2)C1)N1CCOCC1. The second-order valence-corrected chi connectivity index (χ2v) is 8.08. The molecule has 2 fully saturated rings. The summed E-state index contributed by atoms with van der Waals surface area (Å²) < 4.78 is 5.30. The van der Waals surface area contributed by atoms with Crippen molar-refractivity contribution in [2.24, 2.45) is 5.92 Å². The first-order valence-corrected chi connectivity index (χ1v) is 10.5. The van der Waals surface area contributed by atoms with Gasteiger partial charge in [0.15, 0.2) is 0 Å². The van der Waals surface area contributed by atoms with Crippen molar-refractivity contribution < 1.29 is 14.3 Å². The van der Waals surface area contributed by atoms with Gasteiger partial charge < -0.3 is 19.9 Å². The molecule has 7 heteroatoms. The van der Waals surface area contributed by atoms with Crippen LogP contribution < -0.4 is 5.32 Å². The van der Waals surface area contributed by atoms with Crippen LogP contribution in [-0.4, -0.2) is 67.7 Å². The average Bonchev–Trinajstić information content (AvgIpc) is 3.20. The Morgan fingerprint density at radius 3 is 2.85 bits per heavy atom. The maximum atomic E-state index is 12.4. The van der Waals surface area contributed by atoms with Crippen LogP contribution in [0.3, 0.4) is 0 Å². The molecule has 1 aromatic rings. The van der Waals surface area contributed by atoms with Gasteiger partial charge in [-0.2, -0.15) is 0 Å². The van der Waals surface area contributed by atoms with Gasteiger partial charge in [-0.3, -0.25) is 4.79 Å². The zero-order valence-electron chi connectivity index (χ0n) is 15.3. The summed E-state index contributed by atoms with van der Waals surface area (Å²) >= 11 is 1.72. The molecule has 6 nitrogen and oxygen atoms in total. The zero-order valence-corrected chi connectivity index (χ0v) is 16.1. The second kappa shape index (κ2) is 9.92. The summed E-state index contributed by atoms with van der Waals surface area (Å²) in [6, 6.07) is 4.17. The molecule has 0 spiro atoms. The lowest BCUT2D eigenvalue weighted by Gasteiger charge is -2.33. The number of urea groups is 1. The van der Waals surface area contributed by atoms with Crippen LogP contribution in [0.15, 0.2) is 17.5 Å². The Balaban J connectivity index is 1.36. The van der Waals surface area contributed by atoms with Gasteiger partial charge in [-0.05, 0) is 43.0 Å². The summed E-state index contributed by atoms with van der Waals surface area (Å²) in [6.07, 6.45) is 4.46. The van der Waals surface area contributed by atoms with E-state index in [2.05, 4.69) is 16.8 Å². The third kappa shape index (κ3) is 5.71. The van der Waals surface area contributed by atoms with Gasteiger partial charge in [0.05, 0.1) is 13.2 Å². The maximum Gasteiger partial charge on any atom is 0.317 e. The summed E-state index contributed by atoms with van der Waals surface area (Å²) in [7, 11) is 0. The highest BCUT2D eigenvalue weighted by molar-refractivity contribution is 7.09. The van der Waals surface area contributed by atoms with E-state index in [1.165, 1.54) is 4.88 Å². The molecule has 0 radical (unpaired) electrons. The van der Waals surface area contributed by atoms with Crippen LogP contribution in [-0.2, 0) is 16.0 Å².